The van der Waals surface area contributed by atoms with Gasteiger partial charge in [-0.25, -0.2) is 15.1 Å². The molecule has 2 aliphatic rings. The lowest BCUT2D eigenvalue weighted by atomic mass is 9.90. The number of likely N-dealkylation sites (tertiary alicyclic amines) is 1. The molecule has 0 saturated carbocycles. The van der Waals surface area contributed by atoms with E-state index in [4.69, 9.17) is 0 Å². The molecule has 0 bridgehead atoms. The smallest absolute Gasteiger partial charge is 0.339 e. The van der Waals surface area contributed by atoms with Gasteiger partial charge in [0.2, 0.25) is 11.9 Å². The summed E-state index contributed by atoms with van der Waals surface area (Å²) < 4.78 is 38.2. The van der Waals surface area contributed by atoms with E-state index in [1.165, 1.54) is 0 Å². The highest BCUT2D eigenvalue weighted by Crippen LogP contribution is 2.30. The number of carbonyl (C=O) groups is 1. The Morgan fingerprint density at radius 1 is 0.973 bits per heavy atom. The van der Waals surface area contributed by atoms with E-state index in [-0.39, 0.29) is 23.3 Å². The highest BCUT2D eigenvalue weighted by atomic mass is 19.4. The molecule has 2 fully saturated rings. The van der Waals surface area contributed by atoms with Crippen LogP contribution in [0.1, 0.15) is 36.4 Å². The standard InChI is InChI=1S/C25H28F3N7O2/c26-25(27,28)18-15-29-24(30-16-18)35-13-11-34(12-14-35)21(36)7-10-33-8-5-17(6-9-33)22-19-3-1-2-4-20(19)23(37)32-31-22/h1-4,15-17H,5-14H2,(H,32,37). The fourth-order valence-electron chi connectivity index (χ4n) is 5.08. The van der Waals surface area contributed by atoms with Crippen molar-refractivity contribution in [2.45, 2.75) is 31.4 Å². The van der Waals surface area contributed by atoms with Crippen molar-refractivity contribution in [3.8, 4) is 0 Å². The first-order chi connectivity index (χ1) is 17.8. The van der Waals surface area contributed by atoms with Crippen LogP contribution in [-0.2, 0) is 11.0 Å². The van der Waals surface area contributed by atoms with Gasteiger partial charge < -0.3 is 14.7 Å². The number of hydrogen-bond acceptors (Lipinski definition) is 7. The van der Waals surface area contributed by atoms with Gasteiger partial charge in [-0.1, -0.05) is 18.2 Å². The average molecular weight is 516 g/mol. The maximum atomic E-state index is 12.8. The molecule has 0 unspecified atom stereocenters. The molecule has 3 aromatic rings. The highest BCUT2D eigenvalue weighted by molar-refractivity contribution is 5.83. The molecule has 0 aliphatic carbocycles. The molecule has 0 spiro atoms. The number of amides is 1. The second-order valence-electron chi connectivity index (χ2n) is 9.49. The predicted octanol–water partition coefficient (Wildman–Crippen LogP) is 2.65. The van der Waals surface area contributed by atoms with Crippen LogP contribution in [0.5, 0.6) is 0 Å². The van der Waals surface area contributed by atoms with Crippen molar-refractivity contribution in [3.63, 3.8) is 0 Å². The van der Waals surface area contributed by atoms with E-state index in [2.05, 4.69) is 25.1 Å². The molecule has 1 N–H and O–H groups in total. The Morgan fingerprint density at radius 2 is 1.62 bits per heavy atom. The summed E-state index contributed by atoms with van der Waals surface area (Å²) >= 11 is 0. The van der Waals surface area contributed by atoms with Crippen LogP contribution in [0.15, 0.2) is 41.5 Å². The maximum Gasteiger partial charge on any atom is 0.419 e. The normalized spacial score (nSPS) is 17.9. The van der Waals surface area contributed by atoms with E-state index in [1.807, 2.05) is 24.3 Å². The van der Waals surface area contributed by atoms with Gasteiger partial charge in [0.25, 0.3) is 5.56 Å². The predicted molar refractivity (Wildman–Crippen MR) is 131 cm³/mol. The lowest BCUT2D eigenvalue weighted by molar-refractivity contribution is -0.138. The average Bonchev–Trinajstić information content (AvgIpc) is 2.92. The van der Waals surface area contributed by atoms with Crippen LogP contribution >= 0.6 is 0 Å². The third kappa shape index (κ3) is 5.58. The first-order valence-electron chi connectivity index (χ1n) is 12.4. The number of hydrogen-bond donors (Lipinski definition) is 1. The fourth-order valence-corrected chi connectivity index (χ4v) is 5.08. The van der Waals surface area contributed by atoms with Crippen molar-refractivity contribution < 1.29 is 18.0 Å². The van der Waals surface area contributed by atoms with E-state index >= 15 is 0 Å². The first-order valence-corrected chi connectivity index (χ1v) is 12.4. The zero-order chi connectivity index (χ0) is 26.0. The van der Waals surface area contributed by atoms with Gasteiger partial charge in [-0.2, -0.15) is 18.3 Å². The van der Waals surface area contributed by atoms with Crippen LogP contribution in [0.3, 0.4) is 0 Å². The number of H-pyrrole nitrogens is 1. The summed E-state index contributed by atoms with van der Waals surface area (Å²) in [5, 5.41) is 8.54. The summed E-state index contributed by atoms with van der Waals surface area (Å²) in [6.45, 7) is 4.30. The zero-order valence-corrected chi connectivity index (χ0v) is 20.2. The van der Waals surface area contributed by atoms with E-state index in [1.54, 1.807) is 9.80 Å². The summed E-state index contributed by atoms with van der Waals surface area (Å²) in [5.41, 5.74) is -0.124. The Morgan fingerprint density at radius 3 is 2.27 bits per heavy atom. The molecule has 12 heteroatoms. The van der Waals surface area contributed by atoms with E-state index < -0.39 is 11.7 Å². The molecular weight excluding hydrogens is 487 g/mol. The van der Waals surface area contributed by atoms with Gasteiger partial charge in [-0.15, -0.1) is 0 Å². The number of rotatable bonds is 5. The van der Waals surface area contributed by atoms with E-state index in [0.717, 1.165) is 49.4 Å². The Bertz CT molecular complexity index is 1300. The monoisotopic (exact) mass is 515 g/mol. The SMILES string of the molecule is O=C(CCN1CCC(c2n[nH]c(=O)c3ccccc23)CC1)N1CCN(c2ncc(C(F)(F)F)cn2)CC1. The lowest BCUT2D eigenvalue weighted by Crippen LogP contribution is -2.50. The number of anilines is 1. The number of fused-ring (bicyclic) bond motifs is 1. The van der Waals surface area contributed by atoms with Crippen molar-refractivity contribution in [3.05, 3.63) is 58.3 Å². The van der Waals surface area contributed by atoms with Crippen LogP contribution in [0.2, 0.25) is 0 Å². The van der Waals surface area contributed by atoms with Crippen molar-refractivity contribution in [2.75, 3.05) is 50.7 Å². The number of aromatic amines is 1. The summed E-state index contributed by atoms with van der Waals surface area (Å²) in [6.07, 6.45) is -0.656. The van der Waals surface area contributed by atoms with Gasteiger partial charge in [0.1, 0.15) is 0 Å². The Hall–Kier alpha value is -3.54. The number of benzene rings is 1. The summed E-state index contributed by atoms with van der Waals surface area (Å²) in [7, 11) is 0. The van der Waals surface area contributed by atoms with Crippen molar-refractivity contribution in [1.29, 1.82) is 0 Å². The van der Waals surface area contributed by atoms with E-state index in [0.29, 0.717) is 44.5 Å². The summed E-state index contributed by atoms with van der Waals surface area (Å²) in [5.74, 6) is 0.574. The zero-order valence-electron chi connectivity index (χ0n) is 20.2. The van der Waals surface area contributed by atoms with Crippen molar-refractivity contribution >= 4 is 22.6 Å². The number of halogens is 3. The van der Waals surface area contributed by atoms with Gasteiger partial charge >= 0.3 is 6.18 Å². The van der Waals surface area contributed by atoms with Gasteiger partial charge in [-0.05, 0) is 32.0 Å². The molecule has 5 rings (SSSR count). The number of aromatic nitrogens is 4. The third-order valence-corrected chi connectivity index (χ3v) is 7.22. The molecule has 9 nitrogen and oxygen atoms in total. The van der Waals surface area contributed by atoms with Gasteiger partial charge in [0.05, 0.1) is 16.6 Å². The third-order valence-electron chi connectivity index (χ3n) is 7.22. The molecule has 196 valence electrons. The van der Waals surface area contributed by atoms with Crippen LogP contribution in [0.25, 0.3) is 10.8 Å². The van der Waals surface area contributed by atoms with Crippen molar-refractivity contribution in [2.24, 2.45) is 0 Å². The number of piperazine rings is 1. The lowest BCUT2D eigenvalue weighted by Gasteiger charge is -2.36. The van der Waals surface area contributed by atoms with Crippen LogP contribution < -0.4 is 10.5 Å². The Balaban J connectivity index is 1.08. The summed E-state index contributed by atoms with van der Waals surface area (Å²) in [4.78, 5) is 38.4. The molecule has 2 aromatic heterocycles. The van der Waals surface area contributed by atoms with E-state index in [9.17, 15) is 22.8 Å². The Labute approximate surface area is 211 Å². The molecule has 2 aliphatic heterocycles. The topological polar surface area (TPSA) is 98.3 Å². The molecule has 37 heavy (non-hydrogen) atoms. The Kier molecular flexibility index (Phi) is 7.09. The second kappa shape index (κ2) is 10.4. The molecular formula is C25H28F3N7O2. The number of alkyl halides is 3. The fraction of sp³-hybridized carbons (Fsp3) is 0.480. The van der Waals surface area contributed by atoms with Gasteiger partial charge in [-0.3, -0.25) is 9.59 Å². The largest absolute Gasteiger partial charge is 0.419 e. The molecule has 4 heterocycles. The van der Waals surface area contributed by atoms with Crippen molar-refractivity contribution in [1.82, 2.24) is 30.0 Å². The minimum Gasteiger partial charge on any atom is -0.339 e. The number of carbonyl (C=O) groups excluding carboxylic acids is 1. The molecule has 2 saturated heterocycles. The molecule has 1 amide bonds. The number of nitrogens with one attached hydrogen (secondary N) is 1. The molecule has 0 radical (unpaired) electrons. The van der Waals surface area contributed by atoms with Gasteiger partial charge in [0.15, 0.2) is 0 Å². The molecule has 1 aromatic carbocycles. The maximum absolute atomic E-state index is 12.8. The highest BCUT2D eigenvalue weighted by Gasteiger charge is 2.32. The van der Waals surface area contributed by atoms with Crippen LogP contribution in [0, 0.1) is 0 Å². The van der Waals surface area contributed by atoms with Crippen LogP contribution in [-0.4, -0.2) is 81.7 Å². The number of piperidine rings is 1. The second-order valence-corrected chi connectivity index (χ2v) is 9.49. The first kappa shape index (κ1) is 25.1. The van der Waals surface area contributed by atoms with Crippen LogP contribution in [0.4, 0.5) is 19.1 Å². The summed E-state index contributed by atoms with van der Waals surface area (Å²) in [6, 6.07) is 7.53. The minimum atomic E-state index is -4.47. The molecule has 0 atom stereocenters. The number of nitrogens with zero attached hydrogens (tertiary/aromatic N) is 6. The van der Waals surface area contributed by atoms with Gasteiger partial charge in [0, 0.05) is 62.8 Å². The quantitative estimate of drug-likeness (QED) is 0.558. The minimum absolute atomic E-state index is 0.0726.